The molecule has 0 bridgehead atoms. The van der Waals surface area contributed by atoms with Gasteiger partial charge in [0.1, 0.15) is 5.75 Å². The van der Waals surface area contributed by atoms with Gasteiger partial charge >= 0.3 is 0 Å². The number of anilines is 2. The number of rotatable bonds is 7. The van der Waals surface area contributed by atoms with Gasteiger partial charge in [-0.2, -0.15) is 0 Å². The summed E-state index contributed by atoms with van der Waals surface area (Å²) in [5, 5.41) is 3.25. The van der Waals surface area contributed by atoms with Crippen molar-refractivity contribution in [2.24, 2.45) is 0 Å². The number of nitrogens with zero attached hydrogens (tertiary/aromatic N) is 2. The maximum atomic E-state index is 5.72. The van der Waals surface area contributed by atoms with Gasteiger partial charge in [-0.15, -0.1) is 6.58 Å². The third-order valence-corrected chi connectivity index (χ3v) is 3.65. The first kappa shape index (κ1) is 16.7. The Morgan fingerprint density at radius 2 is 2.00 bits per heavy atom. The minimum atomic E-state index is 0.570. The zero-order valence-electron chi connectivity index (χ0n) is 14.3. The van der Waals surface area contributed by atoms with E-state index in [4.69, 9.17) is 4.74 Å². The van der Waals surface area contributed by atoms with Crippen LogP contribution in [0.1, 0.15) is 12.0 Å². The first-order chi connectivity index (χ1) is 12.2. The number of ether oxygens (including phenoxy) is 1. The average molecular weight is 331 g/mol. The maximum absolute atomic E-state index is 5.72. The number of hydrogen-bond donors (Lipinski definition) is 1. The van der Waals surface area contributed by atoms with Gasteiger partial charge in [-0.25, -0.2) is 9.97 Å². The van der Waals surface area contributed by atoms with Crippen LogP contribution in [-0.2, 0) is 0 Å². The van der Waals surface area contributed by atoms with Crippen molar-refractivity contribution in [2.75, 3.05) is 11.9 Å². The minimum absolute atomic E-state index is 0.570. The molecule has 25 heavy (non-hydrogen) atoms. The molecule has 1 N–H and O–H groups in total. The highest BCUT2D eigenvalue weighted by molar-refractivity contribution is 5.63. The Morgan fingerprint density at radius 1 is 1.12 bits per heavy atom. The molecule has 1 aromatic heterocycles. The first-order valence-corrected chi connectivity index (χ1v) is 8.25. The van der Waals surface area contributed by atoms with Gasteiger partial charge in [-0.3, -0.25) is 0 Å². The van der Waals surface area contributed by atoms with Gasteiger partial charge in [0, 0.05) is 17.4 Å². The summed E-state index contributed by atoms with van der Waals surface area (Å²) in [6.07, 6.45) is 4.42. The van der Waals surface area contributed by atoms with Crippen LogP contribution in [0, 0.1) is 6.92 Å². The SMILES string of the molecule is C=CCCOc1cccc(-c2ccnc(Nc3cccc(C)c3)n2)c1. The van der Waals surface area contributed by atoms with Crippen molar-refractivity contribution in [3.05, 3.63) is 79.0 Å². The molecule has 0 unspecified atom stereocenters. The number of nitrogens with one attached hydrogen (secondary N) is 1. The van der Waals surface area contributed by atoms with Gasteiger partial charge in [-0.05, 0) is 49.2 Å². The molecule has 0 amide bonds. The number of aromatic nitrogens is 2. The third kappa shape index (κ3) is 4.67. The Morgan fingerprint density at radius 3 is 2.84 bits per heavy atom. The Kier molecular flexibility index (Phi) is 5.42. The van der Waals surface area contributed by atoms with Gasteiger partial charge in [0.25, 0.3) is 0 Å². The average Bonchev–Trinajstić information content (AvgIpc) is 2.63. The summed E-state index contributed by atoms with van der Waals surface area (Å²) in [4.78, 5) is 8.92. The Labute approximate surface area is 148 Å². The highest BCUT2D eigenvalue weighted by atomic mass is 16.5. The molecule has 4 nitrogen and oxygen atoms in total. The van der Waals surface area contributed by atoms with E-state index in [0.717, 1.165) is 29.1 Å². The smallest absolute Gasteiger partial charge is 0.227 e. The van der Waals surface area contributed by atoms with Crippen LogP contribution in [0.3, 0.4) is 0 Å². The lowest BCUT2D eigenvalue weighted by molar-refractivity contribution is 0.325. The van der Waals surface area contributed by atoms with Crippen molar-refractivity contribution in [2.45, 2.75) is 13.3 Å². The van der Waals surface area contributed by atoms with E-state index in [1.165, 1.54) is 5.56 Å². The molecule has 0 aliphatic rings. The van der Waals surface area contributed by atoms with Crippen molar-refractivity contribution in [3.63, 3.8) is 0 Å². The number of aryl methyl sites for hydroxylation is 1. The zero-order valence-corrected chi connectivity index (χ0v) is 14.3. The molecule has 126 valence electrons. The number of hydrogen-bond acceptors (Lipinski definition) is 4. The molecule has 0 aliphatic carbocycles. The van der Waals surface area contributed by atoms with E-state index in [0.29, 0.717) is 12.6 Å². The van der Waals surface area contributed by atoms with E-state index in [9.17, 15) is 0 Å². The first-order valence-electron chi connectivity index (χ1n) is 8.25. The van der Waals surface area contributed by atoms with Crippen LogP contribution in [0.15, 0.2) is 73.4 Å². The fourth-order valence-electron chi connectivity index (χ4n) is 2.44. The molecule has 1 heterocycles. The Balaban J connectivity index is 1.79. The lowest BCUT2D eigenvalue weighted by Crippen LogP contribution is -1.98. The van der Waals surface area contributed by atoms with Crippen LogP contribution < -0.4 is 10.1 Å². The summed E-state index contributed by atoms with van der Waals surface area (Å²) in [6, 6.07) is 17.9. The summed E-state index contributed by atoms with van der Waals surface area (Å²) >= 11 is 0. The lowest BCUT2D eigenvalue weighted by Gasteiger charge is -2.09. The second-order valence-electron chi connectivity index (χ2n) is 5.71. The fraction of sp³-hybridized carbons (Fsp3) is 0.143. The van der Waals surface area contributed by atoms with E-state index in [1.807, 2.05) is 48.5 Å². The Hall–Kier alpha value is -3.14. The molecular weight excluding hydrogens is 310 g/mol. The summed E-state index contributed by atoms with van der Waals surface area (Å²) < 4.78 is 5.72. The van der Waals surface area contributed by atoms with E-state index in [1.54, 1.807) is 6.20 Å². The summed E-state index contributed by atoms with van der Waals surface area (Å²) in [7, 11) is 0. The molecule has 0 spiro atoms. The molecular formula is C21H21N3O. The van der Waals surface area contributed by atoms with Crippen LogP contribution in [0.25, 0.3) is 11.3 Å². The van der Waals surface area contributed by atoms with Crippen molar-refractivity contribution in [3.8, 4) is 17.0 Å². The van der Waals surface area contributed by atoms with Gasteiger partial charge in [0.2, 0.25) is 5.95 Å². The van der Waals surface area contributed by atoms with E-state index in [-0.39, 0.29) is 0 Å². The third-order valence-electron chi connectivity index (χ3n) is 3.65. The van der Waals surface area contributed by atoms with Crippen LogP contribution >= 0.6 is 0 Å². The van der Waals surface area contributed by atoms with Crippen LogP contribution in [0.5, 0.6) is 5.75 Å². The van der Waals surface area contributed by atoms with Crippen LogP contribution in [0.4, 0.5) is 11.6 Å². The highest BCUT2D eigenvalue weighted by Crippen LogP contribution is 2.24. The minimum Gasteiger partial charge on any atom is -0.493 e. The molecule has 0 radical (unpaired) electrons. The van der Waals surface area contributed by atoms with Crippen LogP contribution in [0.2, 0.25) is 0 Å². The zero-order chi connectivity index (χ0) is 17.5. The second-order valence-corrected chi connectivity index (χ2v) is 5.71. The van der Waals surface area contributed by atoms with Crippen molar-refractivity contribution in [1.82, 2.24) is 9.97 Å². The van der Waals surface area contributed by atoms with Gasteiger partial charge in [0.15, 0.2) is 0 Å². The maximum Gasteiger partial charge on any atom is 0.227 e. The molecule has 2 aromatic carbocycles. The van der Waals surface area contributed by atoms with Crippen molar-refractivity contribution < 1.29 is 4.74 Å². The van der Waals surface area contributed by atoms with Crippen LogP contribution in [-0.4, -0.2) is 16.6 Å². The quantitative estimate of drug-likeness (QED) is 0.480. The standard InChI is InChI=1S/C21H21N3O/c1-3-4-13-25-19-10-6-8-17(15-19)20-11-12-22-21(24-20)23-18-9-5-7-16(2)14-18/h3,5-12,14-15H,1,4,13H2,2H3,(H,22,23,24). The number of benzene rings is 2. The van der Waals surface area contributed by atoms with E-state index >= 15 is 0 Å². The topological polar surface area (TPSA) is 47.0 Å². The molecule has 0 atom stereocenters. The van der Waals surface area contributed by atoms with Crippen molar-refractivity contribution in [1.29, 1.82) is 0 Å². The summed E-state index contributed by atoms with van der Waals surface area (Å²) in [5.41, 5.74) is 3.99. The highest BCUT2D eigenvalue weighted by Gasteiger charge is 2.05. The second kappa shape index (κ2) is 8.11. The normalized spacial score (nSPS) is 10.3. The summed E-state index contributed by atoms with van der Waals surface area (Å²) in [6.45, 7) is 6.38. The monoisotopic (exact) mass is 331 g/mol. The summed E-state index contributed by atoms with van der Waals surface area (Å²) in [5.74, 6) is 1.40. The van der Waals surface area contributed by atoms with E-state index < -0.39 is 0 Å². The molecule has 0 aliphatic heterocycles. The predicted molar refractivity (Wildman–Crippen MR) is 102 cm³/mol. The van der Waals surface area contributed by atoms with E-state index in [2.05, 4.69) is 40.9 Å². The fourth-order valence-corrected chi connectivity index (χ4v) is 2.44. The molecule has 0 saturated heterocycles. The van der Waals surface area contributed by atoms with Gasteiger partial charge in [-0.1, -0.05) is 30.3 Å². The van der Waals surface area contributed by atoms with Gasteiger partial charge < -0.3 is 10.1 Å². The van der Waals surface area contributed by atoms with Gasteiger partial charge in [0.05, 0.1) is 12.3 Å². The largest absolute Gasteiger partial charge is 0.493 e. The predicted octanol–water partition coefficient (Wildman–Crippen LogP) is 5.15. The molecule has 4 heteroatoms. The molecule has 3 rings (SSSR count). The van der Waals surface area contributed by atoms with Crippen molar-refractivity contribution >= 4 is 11.6 Å². The lowest BCUT2D eigenvalue weighted by atomic mass is 10.1. The molecule has 0 fully saturated rings. The molecule has 3 aromatic rings. The molecule has 0 saturated carbocycles. The Bertz CT molecular complexity index is 861.